The first-order chi connectivity index (χ1) is 7.88. The minimum Gasteiger partial charge on any atom is -0.480 e. The van der Waals surface area contributed by atoms with Gasteiger partial charge in [-0.05, 0) is 7.05 Å². The number of carboxylic acid groups (broad SMARTS) is 2. The van der Waals surface area contributed by atoms with Crippen LogP contribution in [0.4, 0.5) is 4.79 Å². The number of likely N-dealkylation sites (N-methyl/N-ethyl adjacent to an activating group) is 2. The molecule has 0 bridgehead atoms. The van der Waals surface area contributed by atoms with Gasteiger partial charge in [0, 0.05) is 20.1 Å². The van der Waals surface area contributed by atoms with Gasteiger partial charge in [-0.3, -0.25) is 9.59 Å². The van der Waals surface area contributed by atoms with Crippen molar-refractivity contribution < 1.29 is 24.6 Å². The molecule has 0 aliphatic carbocycles. The Morgan fingerprint density at radius 3 is 1.94 bits per heavy atom. The number of carbonyl (C=O) groups excluding carboxylic acids is 1. The van der Waals surface area contributed by atoms with Crippen molar-refractivity contribution in [3.05, 3.63) is 0 Å². The fourth-order valence-electron chi connectivity index (χ4n) is 1.13. The van der Waals surface area contributed by atoms with Gasteiger partial charge in [-0.25, -0.2) is 4.79 Å². The van der Waals surface area contributed by atoms with Crippen molar-refractivity contribution in [2.45, 2.75) is 0 Å². The minimum absolute atomic E-state index is 0.366. The summed E-state index contributed by atoms with van der Waals surface area (Å²) in [7, 11) is 3.20. The van der Waals surface area contributed by atoms with Gasteiger partial charge in [0.25, 0.3) is 0 Å². The Hall–Kier alpha value is -1.83. The molecule has 0 radical (unpaired) electrons. The molecule has 0 aromatic heterocycles. The molecule has 0 heterocycles. The third-order valence-corrected chi connectivity index (χ3v) is 1.95. The van der Waals surface area contributed by atoms with Crippen molar-refractivity contribution in [1.82, 2.24) is 15.1 Å². The molecule has 2 amide bonds. The number of amides is 2. The molecule has 0 spiro atoms. The summed E-state index contributed by atoms with van der Waals surface area (Å²) in [5, 5.41) is 20.0. The number of carbonyl (C=O) groups is 3. The van der Waals surface area contributed by atoms with Gasteiger partial charge in [0.05, 0.1) is 0 Å². The van der Waals surface area contributed by atoms with Gasteiger partial charge in [0.1, 0.15) is 13.1 Å². The molecule has 8 heteroatoms. The molecule has 0 fully saturated rings. The van der Waals surface area contributed by atoms with E-state index in [1.807, 2.05) is 0 Å². The number of rotatable bonds is 7. The minimum atomic E-state index is -1.25. The number of hydrogen-bond acceptors (Lipinski definition) is 4. The molecule has 0 atom stereocenters. The third-order valence-electron chi connectivity index (χ3n) is 1.95. The SMILES string of the molecule is CNCCN(C)C(=O)N(CC(=O)O)CC(=O)O. The fourth-order valence-corrected chi connectivity index (χ4v) is 1.13. The highest BCUT2D eigenvalue weighted by atomic mass is 16.4. The van der Waals surface area contributed by atoms with Crippen LogP contribution in [0.15, 0.2) is 0 Å². The van der Waals surface area contributed by atoms with Crippen molar-refractivity contribution in [1.29, 1.82) is 0 Å². The Morgan fingerprint density at radius 2 is 1.59 bits per heavy atom. The van der Waals surface area contributed by atoms with Crippen LogP contribution < -0.4 is 5.32 Å². The van der Waals surface area contributed by atoms with Crippen LogP contribution in [0.1, 0.15) is 0 Å². The fraction of sp³-hybridized carbons (Fsp3) is 0.667. The number of nitrogens with zero attached hydrogens (tertiary/aromatic N) is 2. The molecular formula is C9H17N3O5. The maximum Gasteiger partial charge on any atom is 0.323 e. The Kier molecular flexibility index (Phi) is 6.64. The van der Waals surface area contributed by atoms with E-state index in [4.69, 9.17) is 10.2 Å². The molecular weight excluding hydrogens is 230 g/mol. The summed E-state index contributed by atoms with van der Waals surface area (Å²) in [6.45, 7) is -0.356. The zero-order valence-electron chi connectivity index (χ0n) is 9.84. The molecule has 0 aromatic rings. The molecule has 0 aromatic carbocycles. The van der Waals surface area contributed by atoms with E-state index >= 15 is 0 Å². The lowest BCUT2D eigenvalue weighted by atomic mass is 10.4. The largest absolute Gasteiger partial charge is 0.480 e. The normalized spacial score (nSPS) is 9.76. The monoisotopic (exact) mass is 247 g/mol. The van der Waals surface area contributed by atoms with Gasteiger partial charge in [-0.2, -0.15) is 0 Å². The third kappa shape index (κ3) is 6.36. The van der Waals surface area contributed by atoms with Gasteiger partial charge >= 0.3 is 18.0 Å². The summed E-state index contributed by atoms with van der Waals surface area (Å²) in [6, 6.07) is -0.620. The Bertz CT molecular complexity index is 278. The van der Waals surface area contributed by atoms with E-state index in [1.54, 1.807) is 7.05 Å². The molecule has 8 nitrogen and oxygen atoms in total. The van der Waals surface area contributed by atoms with Crippen LogP contribution in [0.5, 0.6) is 0 Å². The van der Waals surface area contributed by atoms with Gasteiger partial charge in [0.2, 0.25) is 0 Å². The smallest absolute Gasteiger partial charge is 0.323 e. The van der Waals surface area contributed by atoms with Crippen molar-refractivity contribution in [3.63, 3.8) is 0 Å². The number of aliphatic carboxylic acids is 2. The number of urea groups is 1. The lowest BCUT2D eigenvalue weighted by molar-refractivity contribution is -0.140. The van der Waals surface area contributed by atoms with E-state index in [0.717, 1.165) is 4.90 Å². The quantitative estimate of drug-likeness (QED) is 0.517. The second-order valence-corrected chi connectivity index (χ2v) is 3.45. The van der Waals surface area contributed by atoms with Gasteiger partial charge in [-0.15, -0.1) is 0 Å². The zero-order chi connectivity index (χ0) is 13.4. The molecule has 0 unspecified atom stereocenters. The van der Waals surface area contributed by atoms with E-state index in [-0.39, 0.29) is 0 Å². The second-order valence-electron chi connectivity index (χ2n) is 3.45. The van der Waals surface area contributed by atoms with Crippen LogP contribution in [0.2, 0.25) is 0 Å². The van der Waals surface area contributed by atoms with E-state index in [2.05, 4.69) is 5.32 Å². The van der Waals surface area contributed by atoms with Crippen LogP contribution >= 0.6 is 0 Å². The Balaban J connectivity index is 4.49. The average molecular weight is 247 g/mol. The van der Waals surface area contributed by atoms with E-state index < -0.39 is 31.1 Å². The van der Waals surface area contributed by atoms with E-state index in [1.165, 1.54) is 11.9 Å². The lowest BCUT2D eigenvalue weighted by Crippen LogP contribution is -2.47. The number of hydrogen-bond donors (Lipinski definition) is 3. The van der Waals surface area contributed by atoms with Crippen LogP contribution in [0.3, 0.4) is 0 Å². The molecule has 3 N–H and O–H groups in total. The summed E-state index contributed by atoms with van der Waals surface area (Å²) in [5.74, 6) is -2.50. The summed E-state index contributed by atoms with van der Waals surface area (Å²) in [6.07, 6.45) is 0. The molecule has 98 valence electrons. The zero-order valence-corrected chi connectivity index (χ0v) is 9.84. The summed E-state index contributed by atoms with van der Waals surface area (Å²) >= 11 is 0. The summed E-state index contributed by atoms with van der Waals surface area (Å²) in [5.41, 5.74) is 0. The van der Waals surface area contributed by atoms with Crippen LogP contribution in [-0.4, -0.2) is 78.3 Å². The van der Waals surface area contributed by atoms with Crippen molar-refractivity contribution >= 4 is 18.0 Å². The highest BCUT2D eigenvalue weighted by Crippen LogP contribution is 1.97. The molecule has 0 aliphatic rings. The maximum atomic E-state index is 11.7. The topological polar surface area (TPSA) is 110 Å². The van der Waals surface area contributed by atoms with Crippen molar-refractivity contribution in [3.8, 4) is 0 Å². The highest BCUT2D eigenvalue weighted by Gasteiger charge is 2.22. The molecule has 0 rings (SSSR count). The second kappa shape index (κ2) is 7.44. The maximum absolute atomic E-state index is 11.7. The van der Waals surface area contributed by atoms with Crippen molar-refractivity contribution in [2.24, 2.45) is 0 Å². The first-order valence-corrected chi connectivity index (χ1v) is 4.96. The predicted octanol–water partition coefficient (Wildman–Crippen LogP) is -1.27. The lowest BCUT2D eigenvalue weighted by Gasteiger charge is -2.25. The van der Waals surface area contributed by atoms with Gasteiger partial charge in [-0.1, -0.05) is 0 Å². The predicted molar refractivity (Wildman–Crippen MR) is 58.8 cm³/mol. The van der Waals surface area contributed by atoms with Gasteiger partial charge in [0.15, 0.2) is 0 Å². The molecule has 0 saturated carbocycles. The summed E-state index contributed by atoms with van der Waals surface area (Å²) < 4.78 is 0. The first kappa shape index (κ1) is 15.2. The van der Waals surface area contributed by atoms with Crippen molar-refractivity contribution in [2.75, 3.05) is 40.3 Å². The highest BCUT2D eigenvalue weighted by molar-refractivity contribution is 5.84. The Labute approximate surface area is 98.8 Å². The average Bonchev–Trinajstić information content (AvgIpc) is 2.22. The Morgan fingerprint density at radius 1 is 1.12 bits per heavy atom. The molecule has 17 heavy (non-hydrogen) atoms. The number of nitrogens with one attached hydrogen (secondary N) is 1. The van der Waals surface area contributed by atoms with Crippen LogP contribution in [0, 0.1) is 0 Å². The van der Waals surface area contributed by atoms with E-state index in [0.29, 0.717) is 13.1 Å². The van der Waals surface area contributed by atoms with Crippen LogP contribution in [0.25, 0.3) is 0 Å². The van der Waals surface area contributed by atoms with E-state index in [9.17, 15) is 14.4 Å². The number of carboxylic acids is 2. The van der Waals surface area contributed by atoms with Gasteiger partial charge < -0.3 is 25.3 Å². The van der Waals surface area contributed by atoms with Crippen LogP contribution in [-0.2, 0) is 9.59 Å². The first-order valence-electron chi connectivity index (χ1n) is 4.96. The standard InChI is InChI=1S/C9H17N3O5/c1-10-3-4-11(2)9(17)12(5-7(13)14)6-8(15)16/h10H,3-6H2,1-2H3,(H,13,14)(H,15,16). The summed E-state index contributed by atoms with van der Waals surface area (Å²) in [4.78, 5) is 34.8. The molecule has 0 saturated heterocycles. The molecule has 0 aliphatic heterocycles.